The van der Waals surface area contributed by atoms with Crippen molar-refractivity contribution in [2.45, 2.75) is 5.03 Å². The zero-order valence-corrected chi connectivity index (χ0v) is 14.4. The zero-order valence-electron chi connectivity index (χ0n) is 12.7. The molecule has 0 aliphatic rings. The monoisotopic (exact) mass is 369 g/mol. The average Bonchev–Trinajstić information content (AvgIpc) is 3.32. The van der Waals surface area contributed by atoms with E-state index in [9.17, 15) is 4.79 Å². The third-order valence-electron chi connectivity index (χ3n) is 3.33. The maximum absolute atomic E-state index is 12.2. The van der Waals surface area contributed by atoms with Crippen molar-refractivity contribution in [2.75, 3.05) is 11.1 Å². The first kappa shape index (κ1) is 15.7. The van der Waals surface area contributed by atoms with Crippen molar-refractivity contribution in [1.82, 2.24) is 30.2 Å². The van der Waals surface area contributed by atoms with Crippen molar-refractivity contribution in [3.8, 4) is 5.69 Å². The number of aromatic nitrogens is 6. The van der Waals surface area contributed by atoms with Gasteiger partial charge in [-0.25, -0.2) is 14.6 Å². The van der Waals surface area contributed by atoms with Crippen molar-refractivity contribution < 1.29 is 4.79 Å². The van der Waals surface area contributed by atoms with E-state index >= 15 is 0 Å². The Kier molecular flexibility index (Phi) is 4.36. The molecule has 10 heteroatoms. The number of thioether (sulfide) groups is 1. The molecule has 8 nitrogen and oxygen atoms in total. The van der Waals surface area contributed by atoms with E-state index in [1.807, 2.05) is 23.6 Å². The minimum absolute atomic E-state index is 0.0952. The van der Waals surface area contributed by atoms with Crippen LogP contribution < -0.4 is 5.32 Å². The lowest BCUT2D eigenvalue weighted by molar-refractivity contribution is -0.113. The smallest absolute Gasteiger partial charge is 0.234 e. The number of carbonyl (C=O) groups excluding carboxylic acids is 1. The molecule has 3 heterocycles. The van der Waals surface area contributed by atoms with Gasteiger partial charge in [0.05, 0.1) is 11.4 Å². The summed E-state index contributed by atoms with van der Waals surface area (Å²) in [6.45, 7) is 0. The Bertz CT molecular complexity index is 998. The van der Waals surface area contributed by atoms with E-state index in [0.717, 1.165) is 20.9 Å². The summed E-state index contributed by atoms with van der Waals surface area (Å²) in [7, 11) is 0. The molecule has 0 radical (unpaired) electrons. The molecular formula is C15H11N7OS2. The minimum atomic E-state index is -0.0952. The normalized spacial score (nSPS) is 10.9. The quantitative estimate of drug-likeness (QED) is 0.426. The fourth-order valence-electron chi connectivity index (χ4n) is 2.19. The van der Waals surface area contributed by atoms with E-state index < -0.39 is 0 Å². The van der Waals surface area contributed by atoms with Gasteiger partial charge in [0.1, 0.15) is 22.5 Å². The number of thiophene rings is 1. The van der Waals surface area contributed by atoms with Gasteiger partial charge < -0.3 is 5.32 Å². The fraction of sp³-hybridized carbons (Fsp3) is 0.0667. The van der Waals surface area contributed by atoms with Crippen LogP contribution in [0.1, 0.15) is 0 Å². The molecule has 0 bridgehead atoms. The van der Waals surface area contributed by atoms with Crippen LogP contribution in [0.5, 0.6) is 0 Å². The third kappa shape index (κ3) is 3.49. The van der Waals surface area contributed by atoms with E-state index in [-0.39, 0.29) is 11.7 Å². The standard InChI is InChI=1S/C15H11N7OS2/c23-13(7-25-15-12-5-6-24-14(12)16-8-17-15)19-10-1-3-11(4-2-10)22-9-18-20-21-22/h1-6,8-9H,7H2,(H,19,23). The molecule has 0 fully saturated rings. The average molecular weight is 369 g/mol. The number of amides is 1. The Hall–Kier alpha value is -2.85. The molecule has 1 amide bonds. The van der Waals surface area contributed by atoms with Crippen LogP contribution in [0.3, 0.4) is 0 Å². The van der Waals surface area contributed by atoms with Crippen molar-refractivity contribution in [3.63, 3.8) is 0 Å². The third-order valence-corrected chi connectivity index (χ3v) is 5.16. The van der Waals surface area contributed by atoms with Gasteiger partial charge in [0.25, 0.3) is 0 Å². The molecule has 0 unspecified atom stereocenters. The maximum Gasteiger partial charge on any atom is 0.234 e. The fourth-order valence-corrected chi connectivity index (χ4v) is 3.77. The Morgan fingerprint density at radius 1 is 1.20 bits per heavy atom. The molecule has 0 spiro atoms. The molecule has 0 saturated heterocycles. The second-order valence-corrected chi connectivity index (χ2v) is 6.81. The number of tetrazole rings is 1. The van der Waals surface area contributed by atoms with Gasteiger partial charge in [0, 0.05) is 11.1 Å². The molecule has 3 aromatic heterocycles. The highest BCUT2D eigenvalue weighted by Crippen LogP contribution is 2.27. The van der Waals surface area contributed by atoms with E-state index in [1.54, 1.807) is 28.2 Å². The highest BCUT2D eigenvalue weighted by molar-refractivity contribution is 8.00. The number of nitrogens with one attached hydrogen (secondary N) is 1. The topological polar surface area (TPSA) is 98.5 Å². The number of benzene rings is 1. The predicted octanol–water partition coefficient (Wildman–Crippen LogP) is 2.40. The number of hydrogen-bond acceptors (Lipinski definition) is 8. The first-order chi connectivity index (χ1) is 12.3. The minimum Gasteiger partial charge on any atom is -0.325 e. The van der Waals surface area contributed by atoms with E-state index in [1.165, 1.54) is 24.4 Å². The number of fused-ring (bicyclic) bond motifs is 1. The maximum atomic E-state index is 12.2. The van der Waals surface area contributed by atoms with Crippen LogP contribution >= 0.6 is 23.1 Å². The number of carbonyl (C=O) groups is 1. The van der Waals surface area contributed by atoms with Gasteiger partial charge in [-0.3, -0.25) is 4.79 Å². The lowest BCUT2D eigenvalue weighted by Gasteiger charge is -2.06. The van der Waals surface area contributed by atoms with Gasteiger partial charge in [-0.15, -0.1) is 16.4 Å². The van der Waals surface area contributed by atoms with Crippen LogP contribution in [-0.4, -0.2) is 41.8 Å². The molecule has 0 atom stereocenters. The van der Waals surface area contributed by atoms with Crippen molar-refractivity contribution in [1.29, 1.82) is 0 Å². The summed E-state index contributed by atoms with van der Waals surface area (Å²) in [6.07, 6.45) is 3.04. The summed E-state index contributed by atoms with van der Waals surface area (Å²) in [5.41, 5.74) is 1.53. The summed E-state index contributed by atoms with van der Waals surface area (Å²) < 4.78 is 1.54. The highest BCUT2D eigenvalue weighted by atomic mass is 32.2. The van der Waals surface area contributed by atoms with Crippen LogP contribution in [0.25, 0.3) is 15.9 Å². The first-order valence-corrected chi connectivity index (χ1v) is 9.10. The van der Waals surface area contributed by atoms with E-state index in [0.29, 0.717) is 5.69 Å². The van der Waals surface area contributed by atoms with Gasteiger partial charge in [0.15, 0.2) is 0 Å². The second-order valence-electron chi connectivity index (χ2n) is 4.96. The molecule has 124 valence electrons. The molecule has 25 heavy (non-hydrogen) atoms. The van der Waals surface area contributed by atoms with E-state index in [4.69, 9.17) is 0 Å². The SMILES string of the molecule is O=C(CSc1ncnc2sccc12)Nc1ccc(-n2cnnn2)cc1. The summed E-state index contributed by atoms with van der Waals surface area (Å²) in [5, 5.41) is 17.6. The summed E-state index contributed by atoms with van der Waals surface area (Å²) in [4.78, 5) is 21.5. The molecule has 1 aromatic carbocycles. The summed E-state index contributed by atoms with van der Waals surface area (Å²) >= 11 is 2.95. The number of hydrogen-bond donors (Lipinski definition) is 1. The summed E-state index contributed by atoms with van der Waals surface area (Å²) in [5.74, 6) is 0.179. The van der Waals surface area contributed by atoms with Crippen LogP contribution in [0, 0.1) is 0 Å². The Labute approximate surface area is 150 Å². The van der Waals surface area contributed by atoms with E-state index in [2.05, 4.69) is 30.8 Å². The van der Waals surface area contributed by atoms with Crippen molar-refractivity contribution >= 4 is 44.9 Å². The van der Waals surface area contributed by atoms with Gasteiger partial charge in [0.2, 0.25) is 5.91 Å². The van der Waals surface area contributed by atoms with Crippen LogP contribution in [0.15, 0.2) is 53.4 Å². The lowest BCUT2D eigenvalue weighted by atomic mass is 10.3. The van der Waals surface area contributed by atoms with Crippen molar-refractivity contribution in [2.24, 2.45) is 0 Å². The molecule has 0 saturated carbocycles. The van der Waals surface area contributed by atoms with Gasteiger partial charge in [-0.05, 0) is 46.1 Å². The molecule has 4 aromatic rings. The molecule has 0 aliphatic heterocycles. The van der Waals surface area contributed by atoms with Crippen LogP contribution in [0.4, 0.5) is 5.69 Å². The predicted molar refractivity (Wildman–Crippen MR) is 95.9 cm³/mol. The van der Waals surface area contributed by atoms with Crippen LogP contribution in [0.2, 0.25) is 0 Å². The molecule has 4 rings (SSSR count). The molecule has 0 aliphatic carbocycles. The van der Waals surface area contributed by atoms with Crippen molar-refractivity contribution in [3.05, 3.63) is 48.4 Å². The molecule has 1 N–H and O–H groups in total. The van der Waals surface area contributed by atoms with Gasteiger partial charge >= 0.3 is 0 Å². The summed E-state index contributed by atoms with van der Waals surface area (Å²) in [6, 6.07) is 9.25. The largest absolute Gasteiger partial charge is 0.325 e. The highest BCUT2D eigenvalue weighted by Gasteiger charge is 2.09. The van der Waals surface area contributed by atoms with Crippen LogP contribution in [-0.2, 0) is 4.79 Å². The number of rotatable bonds is 5. The Morgan fingerprint density at radius 3 is 2.88 bits per heavy atom. The Morgan fingerprint density at radius 2 is 2.08 bits per heavy atom. The number of anilines is 1. The Balaban J connectivity index is 1.38. The van der Waals surface area contributed by atoms with Gasteiger partial charge in [-0.2, -0.15) is 0 Å². The van der Waals surface area contributed by atoms with Gasteiger partial charge in [-0.1, -0.05) is 11.8 Å². The lowest BCUT2D eigenvalue weighted by Crippen LogP contribution is -2.14. The molecular weight excluding hydrogens is 358 g/mol. The zero-order chi connectivity index (χ0) is 17.1. The number of nitrogens with zero attached hydrogens (tertiary/aromatic N) is 6. The second kappa shape index (κ2) is 6.95. The first-order valence-electron chi connectivity index (χ1n) is 7.24.